The summed E-state index contributed by atoms with van der Waals surface area (Å²) in [5, 5.41) is 0. The van der Waals surface area contributed by atoms with Gasteiger partial charge in [0.25, 0.3) is 0 Å². The van der Waals surface area contributed by atoms with Crippen molar-refractivity contribution in [1.29, 1.82) is 0 Å². The molecule has 0 heterocycles. The molecule has 1 saturated carbocycles. The Hall–Kier alpha value is -0.980. The Morgan fingerprint density at radius 3 is 2.47 bits per heavy atom. The lowest BCUT2D eigenvalue weighted by atomic mass is 9.75. The molecule has 17 heavy (non-hydrogen) atoms. The SMILES string of the molecule is CC1CCC(C(C)C)[C](Oc2ccccc2)C1. The van der Waals surface area contributed by atoms with Crippen LogP contribution in [0.4, 0.5) is 0 Å². The van der Waals surface area contributed by atoms with Crippen molar-refractivity contribution >= 4 is 0 Å². The summed E-state index contributed by atoms with van der Waals surface area (Å²) in [6, 6.07) is 10.2. The van der Waals surface area contributed by atoms with Gasteiger partial charge < -0.3 is 4.74 Å². The summed E-state index contributed by atoms with van der Waals surface area (Å²) in [4.78, 5) is 0. The predicted molar refractivity (Wildman–Crippen MR) is 71.7 cm³/mol. The van der Waals surface area contributed by atoms with Crippen molar-refractivity contribution in [3.63, 3.8) is 0 Å². The first-order valence-electron chi connectivity index (χ1n) is 6.75. The van der Waals surface area contributed by atoms with Crippen LogP contribution < -0.4 is 4.74 Å². The molecule has 1 radical (unpaired) electrons. The topological polar surface area (TPSA) is 9.23 Å². The van der Waals surface area contributed by atoms with E-state index in [2.05, 4.69) is 20.8 Å². The molecule has 1 aliphatic rings. The molecule has 0 bridgehead atoms. The highest BCUT2D eigenvalue weighted by Gasteiger charge is 2.33. The second-order valence-electron chi connectivity index (χ2n) is 5.62. The molecular weight excluding hydrogens is 208 g/mol. The molecule has 1 heteroatoms. The van der Waals surface area contributed by atoms with Crippen LogP contribution in [0.3, 0.4) is 0 Å². The van der Waals surface area contributed by atoms with E-state index in [1.165, 1.54) is 18.9 Å². The van der Waals surface area contributed by atoms with Gasteiger partial charge in [-0.05, 0) is 36.8 Å². The minimum absolute atomic E-state index is 0.631. The van der Waals surface area contributed by atoms with Gasteiger partial charge >= 0.3 is 0 Å². The zero-order chi connectivity index (χ0) is 12.3. The van der Waals surface area contributed by atoms with Crippen molar-refractivity contribution in [2.24, 2.45) is 17.8 Å². The van der Waals surface area contributed by atoms with Crippen LogP contribution in [0.2, 0.25) is 0 Å². The van der Waals surface area contributed by atoms with Crippen molar-refractivity contribution in [3.8, 4) is 5.75 Å². The molecule has 0 aromatic heterocycles. The van der Waals surface area contributed by atoms with Crippen LogP contribution in [-0.2, 0) is 0 Å². The van der Waals surface area contributed by atoms with E-state index in [0.29, 0.717) is 11.8 Å². The first kappa shape index (κ1) is 12.5. The van der Waals surface area contributed by atoms with Gasteiger partial charge in [0.1, 0.15) is 5.75 Å². The summed E-state index contributed by atoms with van der Waals surface area (Å²) in [5.74, 6) is 3.07. The highest BCUT2D eigenvalue weighted by atomic mass is 16.5. The highest BCUT2D eigenvalue weighted by molar-refractivity contribution is 5.23. The van der Waals surface area contributed by atoms with Gasteiger partial charge in [0.05, 0.1) is 0 Å². The van der Waals surface area contributed by atoms with Gasteiger partial charge in [-0.25, -0.2) is 0 Å². The summed E-state index contributed by atoms with van der Waals surface area (Å²) in [5.41, 5.74) is 0. The van der Waals surface area contributed by atoms with Gasteiger partial charge in [-0.15, -0.1) is 0 Å². The van der Waals surface area contributed by atoms with Crippen LogP contribution in [0, 0.1) is 23.9 Å². The van der Waals surface area contributed by atoms with Gasteiger partial charge in [0.2, 0.25) is 0 Å². The molecule has 2 unspecified atom stereocenters. The van der Waals surface area contributed by atoms with E-state index in [-0.39, 0.29) is 0 Å². The van der Waals surface area contributed by atoms with E-state index in [0.717, 1.165) is 18.1 Å². The van der Waals surface area contributed by atoms with E-state index in [1.807, 2.05) is 30.3 Å². The molecule has 0 aliphatic heterocycles. The van der Waals surface area contributed by atoms with E-state index in [1.54, 1.807) is 0 Å². The maximum absolute atomic E-state index is 6.12. The average Bonchev–Trinajstić information content (AvgIpc) is 2.30. The first-order valence-corrected chi connectivity index (χ1v) is 6.75. The lowest BCUT2D eigenvalue weighted by Gasteiger charge is -2.36. The lowest BCUT2D eigenvalue weighted by molar-refractivity contribution is 0.136. The van der Waals surface area contributed by atoms with Gasteiger partial charge in [-0.1, -0.05) is 45.4 Å². The predicted octanol–water partition coefficient (Wildman–Crippen LogP) is 4.69. The molecule has 1 fully saturated rings. The molecule has 0 N–H and O–H groups in total. The van der Waals surface area contributed by atoms with Gasteiger partial charge in [0.15, 0.2) is 6.10 Å². The fourth-order valence-corrected chi connectivity index (χ4v) is 2.68. The Morgan fingerprint density at radius 1 is 1.12 bits per heavy atom. The zero-order valence-electron chi connectivity index (χ0n) is 11.1. The quantitative estimate of drug-likeness (QED) is 0.733. The molecule has 0 spiro atoms. The third-order valence-electron chi connectivity index (χ3n) is 3.73. The molecule has 0 amide bonds. The lowest BCUT2D eigenvalue weighted by Crippen LogP contribution is -2.29. The standard InChI is InChI=1S/C16H23O/c1-12(2)15-10-9-13(3)11-16(15)17-14-7-5-4-6-8-14/h4-8,12-13,15H,9-11H2,1-3H3. The maximum Gasteiger partial charge on any atom is 0.152 e. The van der Waals surface area contributed by atoms with Crippen molar-refractivity contribution in [3.05, 3.63) is 36.4 Å². The third kappa shape index (κ3) is 3.24. The van der Waals surface area contributed by atoms with E-state index in [4.69, 9.17) is 4.74 Å². The molecule has 0 saturated heterocycles. The Morgan fingerprint density at radius 2 is 1.82 bits per heavy atom. The first-order chi connectivity index (χ1) is 8.16. The van der Waals surface area contributed by atoms with Crippen LogP contribution in [0.25, 0.3) is 0 Å². The van der Waals surface area contributed by atoms with E-state index >= 15 is 0 Å². The van der Waals surface area contributed by atoms with Crippen molar-refractivity contribution < 1.29 is 4.74 Å². The molecule has 1 aromatic rings. The molecule has 1 aliphatic carbocycles. The monoisotopic (exact) mass is 231 g/mol. The fraction of sp³-hybridized carbons (Fsp3) is 0.562. The summed E-state index contributed by atoms with van der Waals surface area (Å²) in [7, 11) is 0. The van der Waals surface area contributed by atoms with Gasteiger partial charge in [-0.2, -0.15) is 0 Å². The number of hydrogen-bond acceptors (Lipinski definition) is 1. The second-order valence-corrected chi connectivity index (χ2v) is 5.62. The normalized spacial score (nSPS) is 26.1. The smallest absolute Gasteiger partial charge is 0.152 e. The molecule has 2 atom stereocenters. The largest absolute Gasteiger partial charge is 0.483 e. The van der Waals surface area contributed by atoms with Crippen LogP contribution in [0.15, 0.2) is 30.3 Å². The maximum atomic E-state index is 6.12. The molecular formula is C16H23O. The van der Waals surface area contributed by atoms with Crippen LogP contribution in [0.1, 0.15) is 40.0 Å². The van der Waals surface area contributed by atoms with E-state index in [9.17, 15) is 0 Å². The highest BCUT2D eigenvalue weighted by Crippen LogP contribution is 2.40. The Kier molecular flexibility index (Phi) is 4.09. The third-order valence-corrected chi connectivity index (χ3v) is 3.73. The van der Waals surface area contributed by atoms with Crippen LogP contribution in [-0.4, -0.2) is 0 Å². The molecule has 2 rings (SSSR count). The summed E-state index contributed by atoms with van der Waals surface area (Å²) in [6.45, 7) is 6.93. The zero-order valence-corrected chi connectivity index (χ0v) is 11.1. The van der Waals surface area contributed by atoms with Crippen molar-refractivity contribution in [1.82, 2.24) is 0 Å². The second kappa shape index (κ2) is 5.57. The fourth-order valence-electron chi connectivity index (χ4n) is 2.68. The van der Waals surface area contributed by atoms with Crippen molar-refractivity contribution in [2.75, 3.05) is 0 Å². The Balaban J connectivity index is 2.05. The number of rotatable bonds is 3. The summed E-state index contributed by atoms with van der Waals surface area (Å²) in [6.07, 6.45) is 5.04. The number of para-hydroxylation sites is 1. The number of hydrogen-bond donors (Lipinski definition) is 0. The van der Waals surface area contributed by atoms with Gasteiger partial charge in [-0.3, -0.25) is 0 Å². The average molecular weight is 231 g/mol. The number of benzene rings is 1. The summed E-state index contributed by atoms with van der Waals surface area (Å²) >= 11 is 0. The Bertz CT molecular complexity index is 331. The number of ether oxygens (including phenoxy) is 1. The van der Waals surface area contributed by atoms with Crippen LogP contribution >= 0.6 is 0 Å². The minimum atomic E-state index is 0.631. The van der Waals surface area contributed by atoms with E-state index < -0.39 is 0 Å². The van der Waals surface area contributed by atoms with Crippen molar-refractivity contribution in [2.45, 2.75) is 40.0 Å². The molecule has 1 nitrogen and oxygen atoms in total. The molecule has 1 aromatic carbocycles. The Labute approximate surface area is 105 Å². The minimum Gasteiger partial charge on any atom is -0.483 e. The van der Waals surface area contributed by atoms with Gasteiger partial charge in [0, 0.05) is 5.92 Å². The van der Waals surface area contributed by atoms with Crippen LogP contribution in [0.5, 0.6) is 5.75 Å². The molecule has 93 valence electrons. The summed E-state index contributed by atoms with van der Waals surface area (Å²) < 4.78 is 6.12.